The summed E-state index contributed by atoms with van der Waals surface area (Å²) in [5.74, 6) is -0.190. The first kappa shape index (κ1) is 21.5. The number of nitrogens with zero attached hydrogens (tertiary/aromatic N) is 5. The molecule has 0 bridgehead atoms. The zero-order valence-electron chi connectivity index (χ0n) is 16.8. The molecular weight excluding hydrogens is 401 g/mol. The number of rotatable bonds is 8. The zero-order valence-corrected chi connectivity index (χ0v) is 17.6. The SMILES string of the molecule is CCN(CC(C)C#N)C(=O)CSc1nnc(-c2ccccc2F)n1-c1ccccc1. The molecule has 0 aliphatic carbocycles. The van der Waals surface area contributed by atoms with Crippen LogP contribution in [0.5, 0.6) is 0 Å². The molecule has 154 valence electrons. The van der Waals surface area contributed by atoms with Crippen molar-refractivity contribution in [2.45, 2.75) is 19.0 Å². The van der Waals surface area contributed by atoms with Crippen LogP contribution in [0.2, 0.25) is 0 Å². The number of carbonyl (C=O) groups excluding carboxylic acids is 1. The van der Waals surface area contributed by atoms with Crippen LogP contribution < -0.4 is 0 Å². The maximum Gasteiger partial charge on any atom is 0.233 e. The van der Waals surface area contributed by atoms with Gasteiger partial charge in [0.1, 0.15) is 5.82 Å². The highest BCUT2D eigenvalue weighted by atomic mass is 32.2. The molecule has 0 saturated heterocycles. The Bertz CT molecular complexity index is 1050. The first-order chi connectivity index (χ1) is 14.5. The quantitative estimate of drug-likeness (QED) is 0.508. The Morgan fingerprint density at radius 2 is 1.90 bits per heavy atom. The van der Waals surface area contributed by atoms with Gasteiger partial charge in [0.15, 0.2) is 11.0 Å². The van der Waals surface area contributed by atoms with Crippen molar-refractivity contribution in [2.75, 3.05) is 18.8 Å². The Hall–Kier alpha value is -3.18. The number of hydrogen-bond acceptors (Lipinski definition) is 5. The molecule has 0 spiro atoms. The van der Waals surface area contributed by atoms with Crippen molar-refractivity contribution < 1.29 is 9.18 Å². The normalized spacial score (nSPS) is 11.7. The summed E-state index contributed by atoms with van der Waals surface area (Å²) >= 11 is 1.24. The van der Waals surface area contributed by atoms with Crippen LogP contribution in [0.4, 0.5) is 4.39 Å². The van der Waals surface area contributed by atoms with E-state index in [1.807, 2.05) is 37.3 Å². The summed E-state index contributed by atoms with van der Waals surface area (Å²) in [6.45, 7) is 4.58. The molecule has 0 aliphatic rings. The van der Waals surface area contributed by atoms with E-state index in [4.69, 9.17) is 5.26 Å². The van der Waals surface area contributed by atoms with Crippen molar-refractivity contribution in [3.05, 3.63) is 60.4 Å². The zero-order chi connectivity index (χ0) is 21.5. The van der Waals surface area contributed by atoms with Crippen molar-refractivity contribution in [3.8, 4) is 23.1 Å². The van der Waals surface area contributed by atoms with E-state index in [2.05, 4.69) is 16.3 Å². The van der Waals surface area contributed by atoms with Gasteiger partial charge in [0.05, 0.1) is 23.3 Å². The first-order valence-electron chi connectivity index (χ1n) is 9.61. The average Bonchev–Trinajstić information content (AvgIpc) is 3.20. The minimum atomic E-state index is -0.391. The minimum Gasteiger partial charge on any atom is -0.341 e. The van der Waals surface area contributed by atoms with Gasteiger partial charge in [-0.25, -0.2) is 4.39 Å². The Morgan fingerprint density at radius 3 is 2.57 bits per heavy atom. The van der Waals surface area contributed by atoms with E-state index in [9.17, 15) is 9.18 Å². The van der Waals surface area contributed by atoms with Gasteiger partial charge in [-0.05, 0) is 38.1 Å². The summed E-state index contributed by atoms with van der Waals surface area (Å²) in [7, 11) is 0. The molecule has 0 saturated carbocycles. The minimum absolute atomic E-state index is 0.0837. The average molecular weight is 424 g/mol. The topological polar surface area (TPSA) is 74.8 Å². The maximum atomic E-state index is 14.4. The number of thioether (sulfide) groups is 1. The molecule has 1 aromatic heterocycles. The van der Waals surface area contributed by atoms with Gasteiger partial charge in [0, 0.05) is 18.8 Å². The Balaban J connectivity index is 1.90. The molecule has 3 rings (SSSR count). The van der Waals surface area contributed by atoms with Gasteiger partial charge in [-0.15, -0.1) is 10.2 Å². The summed E-state index contributed by atoms with van der Waals surface area (Å²) in [4.78, 5) is 14.3. The lowest BCUT2D eigenvalue weighted by molar-refractivity contribution is -0.128. The number of amides is 1. The van der Waals surface area contributed by atoms with Crippen LogP contribution >= 0.6 is 11.8 Å². The molecule has 1 amide bonds. The number of carbonyl (C=O) groups is 1. The van der Waals surface area contributed by atoms with Crippen LogP contribution in [0.25, 0.3) is 17.1 Å². The third-order valence-electron chi connectivity index (χ3n) is 4.54. The second-order valence-electron chi connectivity index (χ2n) is 6.71. The van der Waals surface area contributed by atoms with E-state index in [0.717, 1.165) is 5.69 Å². The van der Waals surface area contributed by atoms with Crippen LogP contribution in [0.1, 0.15) is 13.8 Å². The second kappa shape index (κ2) is 10.0. The molecule has 1 atom stereocenters. The van der Waals surface area contributed by atoms with Crippen molar-refractivity contribution >= 4 is 17.7 Å². The van der Waals surface area contributed by atoms with Gasteiger partial charge < -0.3 is 4.90 Å². The van der Waals surface area contributed by atoms with Crippen molar-refractivity contribution in [1.82, 2.24) is 19.7 Å². The standard InChI is InChI=1S/C22H22FN5OS/c1-3-27(14-16(2)13-24)20(29)15-30-22-26-25-21(18-11-7-8-12-19(18)23)28(22)17-9-5-4-6-10-17/h4-12,16H,3,14-15H2,1-2H3. The van der Waals surface area contributed by atoms with E-state index >= 15 is 0 Å². The molecule has 1 heterocycles. The number of nitriles is 1. The molecule has 0 N–H and O–H groups in total. The number of aromatic nitrogens is 3. The number of benzene rings is 2. The largest absolute Gasteiger partial charge is 0.341 e. The molecule has 6 nitrogen and oxygen atoms in total. The molecule has 0 aliphatic heterocycles. The van der Waals surface area contributed by atoms with Crippen molar-refractivity contribution in [3.63, 3.8) is 0 Å². The fourth-order valence-corrected chi connectivity index (χ4v) is 3.84. The number of halogens is 1. The summed E-state index contributed by atoms with van der Waals surface area (Å²) in [6.07, 6.45) is 0. The molecule has 3 aromatic rings. The van der Waals surface area contributed by atoms with Gasteiger partial charge in [0.2, 0.25) is 5.91 Å². The Labute approximate surface area is 179 Å². The highest BCUT2D eigenvalue weighted by molar-refractivity contribution is 7.99. The lowest BCUT2D eigenvalue weighted by Gasteiger charge is -2.21. The fraction of sp³-hybridized carbons (Fsp3) is 0.273. The van der Waals surface area contributed by atoms with E-state index < -0.39 is 5.82 Å². The van der Waals surface area contributed by atoms with Crippen LogP contribution in [-0.2, 0) is 4.79 Å². The van der Waals surface area contributed by atoms with E-state index in [1.165, 1.54) is 17.8 Å². The lowest BCUT2D eigenvalue weighted by Crippen LogP contribution is -2.35. The lowest BCUT2D eigenvalue weighted by atomic mass is 10.2. The molecule has 0 fully saturated rings. The number of hydrogen-bond donors (Lipinski definition) is 0. The van der Waals surface area contributed by atoms with E-state index in [0.29, 0.717) is 29.6 Å². The predicted octanol–water partition coefficient (Wildman–Crippen LogP) is 4.17. The maximum absolute atomic E-state index is 14.4. The van der Waals surface area contributed by atoms with E-state index in [-0.39, 0.29) is 17.6 Å². The van der Waals surface area contributed by atoms with Crippen LogP contribution in [-0.4, -0.2) is 44.4 Å². The molecule has 0 radical (unpaired) electrons. The highest BCUT2D eigenvalue weighted by Gasteiger charge is 2.21. The summed E-state index contributed by atoms with van der Waals surface area (Å²) in [5, 5.41) is 18.0. The molecule has 30 heavy (non-hydrogen) atoms. The molecule has 2 aromatic carbocycles. The third kappa shape index (κ3) is 4.86. The van der Waals surface area contributed by atoms with Crippen LogP contribution in [0.15, 0.2) is 59.8 Å². The van der Waals surface area contributed by atoms with Gasteiger partial charge in [-0.3, -0.25) is 9.36 Å². The van der Waals surface area contributed by atoms with Crippen molar-refractivity contribution in [2.24, 2.45) is 5.92 Å². The predicted molar refractivity (Wildman–Crippen MR) is 115 cm³/mol. The van der Waals surface area contributed by atoms with Gasteiger partial charge in [-0.2, -0.15) is 5.26 Å². The van der Waals surface area contributed by atoms with Crippen molar-refractivity contribution in [1.29, 1.82) is 5.26 Å². The highest BCUT2D eigenvalue weighted by Crippen LogP contribution is 2.29. The fourth-order valence-electron chi connectivity index (χ4n) is 2.99. The Morgan fingerprint density at radius 1 is 1.20 bits per heavy atom. The second-order valence-corrected chi connectivity index (χ2v) is 7.65. The Kier molecular flexibility index (Phi) is 7.20. The van der Waals surface area contributed by atoms with Crippen LogP contribution in [0, 0.1) is 23.1 Å². The van der Waals surface area contributed by atoms with Crippen LogP contribution in [0.3, 0.4) is 0 Å². The third-order valence-corrected chi connectivity index (χ3v) is 5.45. The van der Waals surface area contributed by atoms with E-state index in [1.54, 1.807) is 34.6 Å². The summed E-state index contributed by atoms with van der Waals surface area (Å²) in [5.41, 5.74) is 1.12. The summed E-state index contributed by atoms with van der Waals surface area (Å²) < 4.78 is 16.2. The van der Waals surface area contributed by atoms with Gasteiger partial charge >= 0.3 is 0 Å². The van der Waals surface area contributed by atoms with Gasteiger partial charge in [-0.1, -0.05) is 42.1 Å². The molecular formula is C22H22FN5OS. The molecule has 1 unspecified atom stereocenters. The first-order valence-corrected chi connectivity index (χ1v) is 10.6. The summed E-state index contributed by atoms with van der Waals surface area (Å²) in [6, 6.07) is 18.0. The smallest absolute Gasteiger partial charge is 0.233 e. The monoisotopic (exact) mass is 423 g/mol. The number of para-hydroxylation sites is 1. The molecule has 8 heteroatoms. The van der Waals surface area contributed by atoms with Gasteiger partial charge in [0.25, 0.3) is 0 Å².